The number of hydrogen-bond acceptors (Lipinski definition) is 4. The first-order valence-corrected chi connectivity index (χ1v) is 8.22. The molecule has 0 saturated heterocycles. The van der Waals surface area contributed by atoms with Crippen LogP contribution >= 0.6 is 23.2 Å². The van der Waals surface area contributed by atoms with Gasteiger partial charge in [-0.1, -0.05) is 35.3 Å². The SMILES string of the molecule is O=C(CCNc1c(Cl)cccc1Cl)NCc1ccc2c(c1)OCO2. The molecule has 0 fully saturated rings. The zero-order valence-electron chi connectivity index (χ0n) is 12.8. The predicted molar refractivity (Wildman–Crippen MR) is 94.0 cm³/mol. The van der Waals surface area contributed by atoms with Crippen molar-refractivity contribution >= 4 is 34.8 Å². The highest BCUT2D eigenvalue weighted by Gasteiger charge is 2.13. The van der Waals surface area contributed by atoms with Gasteiger partial charge in [0.2, 0.25) is 12.7 Å². The number of fused-ring (bicyclic) bond motifs is 1. The lowest BCUT2D eigenvalue weighted by atomic mass is 10.2. The topological polar surface area (TPSA) is 59.6 Å². The van der Waals surface area contributed by atoms with Crippen molar-refractivity contribution in [3.05, 3.63) is 52.0 Å². The summed E-state index contributed by atoms with van der Waals surface area (Å²) < 4.78 is 10.6. The van der Waals surface area contributed by atoms with E-state index < -0.39 is 0 Å². The molecule has 0 atom stereocenters. The second-order valence-corrected chi connectivity index (χ2v) is 6.05. The standard InChI is InChI=1S/C17H16Cl2N2O3/c18-12-2-1-3-13(19)17(12)20-7-6-16(22)21-9-11-4-5-14-15(8-11)24-10-23-14/h1-5,8,20H,6-7,9-10H2,(H,21,22). The Morgan fingerprint density at radius 2 is 1.83 bits per heavy atom. The number of nitrogens with one attached hydrogen (secondary N) is 2. The zero-order chi connectivity index (χ0) is 16.9. The molecular formula is C17H16Cl2N2O3. The number of amides is 1. The van der Waals surface area contributed by atoms with E-state index in [-0.39, 0.29) is 12.7 Å². The van der Waals surface area contributed by atoms with E-state index in [9.17, 15) is 4.79 Å². The molecule has 0 bridgehead atoms. The van der Waals surface area contributed by atoms with Gasteiger partial charge < -0.3 is 20.1 Å². The fourth-order valence-corrected chi connectivity index (χ4v) is 2.84. The van der Waals surface area contributed by atoms with Crippen molar-refractivity contribution in [1.82, 2.24) is 5.32 Å². The summed E-state index contributed by atoms with van der Waals surface area (Å²) in [6.07, 6.45) is 0.312. The number of carbonyl (C=O) groups excluding carboxylic acids is 1. The number of halogens is 2. The van der Waals surface area contributed by atoms with E-state index in [0.717, 1.165) is 11.3 Å². The molecule has 1 aliphatic heterocycles. The number of rotatable bonds is 6. The van der Waals surface area contributed by atoms with Gasteiger partial charge >= 0.3 is 0 Å². The second kappa shape index (κ2) is 7.64. The third kappa shape index (κ3) is 4.04. The van der Waals surface area contributed by atoms with E-state index in [1.807, 2.05) is 18.2 Å². The van der Waals surface area contributed by atoms with Crippen LogP contribution in [0, 0.1) is 0 Å². The van der Waals surface area contributed by atoms with Gasteiger partial charge in [-0.05, 0) is 29.8 Å². The number of para-hydroxylation sites is 1. The molecule has 0 spiro atoms. The van der Waals surface area contributed by atoms with E-state index in [2.05, 4.69) is 10.6 Å². The third-order valence-corrected chi connectivity index (χ3v) is 4.17. The van der Waals surface area contributed by atoms with Gasteiger partial charge in [-0.2, -0.15) is 0 Å². The van der Waals surface area contributed by atoms with Crippen LogP contribution in [0.1, 0.15) is 12.0 Å². The van der Waals surface area contributed by atoms with Crippen molar-refractivity contribution in [3.8, 4) is 11.5 Å². The van der Waals surface area contributed by atoms with Crippen molar-refractivity contribution in [3.63, 3.8) is 0 Å². The van der Waals surface area contributed by atoms with Crippen LogP contribution < -0.4 is 20.1 Å². The van der Waals surface area contributed by atoms with E-state index in [0.29, 0.717) is 41.0 Å². The predicted octanol–water partition coefficient (Wildman–Crippen LogP) is 3.84. The number of carbonyl (C=O) groups is 1. The Kier molecular flexibility index (Phi) is 5.33. The first kappa shape index (κ1) is 16.7. The van der Waals surface area contributed by atoms with Crippen molar-refractivity contribution in [2.75, 3.05) is 18.7 Å². The summed E-state index contributed by atoms with van der Waals surface area (Å²) >= 11 is 12.1. The van der Waals surface area contributed by atoms with Crippen molar-refractivity contribution in [2.45, 2.75) is 13.0 Å². The van der Waals surface area contributed by atoms with Crippen molar-refractivity contribution in [1.29, 1.82) is 0 Å². The molecule has 3 rings (SSSR count). The summed E-state index contributed by atoms with van der Waals surface area (Å²) in [6, 6.07) is 10.9. The molecule has 2 aromatic carbocycles. The van der Waals surface area contributed by atoms with Crippen LogP contribution in [0.2, 0.25) is 10.0 Å². The quantitative estimate of drug-likeness (QED) is 0.815. The number of anilines is 1. The molecule has 2 aromatic rings. The van der Waals surface area contributed by atoms with Gasteiger partial charge in [-0.15, -0.1) is 0 Å². The Morgan fingerprint density at radius 3 is 2.62 bits per heavy atom. The van der Waals surface area contributed by atoms with E-state index >= 15 is 0 Å². The Hall–Kier alpha value is -2.11. The highest BCUT2D eigenvalue weighted by Crippen LogP contribution is 2.32. The maximum atomic E-state index is 11.9. The number of benzene rings is 2. The Bertz CT molecular complexity index is 732. The highest BCUT2D eigenvalue weighted by atomic mass is 35.5. The average Bonchev–Trinajstić information content (AvgIpc) is 3.03. The smallest absolute Gasteiger partial charge is 0.231 e. The third-order valence-electron chi connectivity index (χ3n) is 3.54. The normalized spacial score (nSPS) is 12.1. The molecule has 1 aliphatic rings. The fourth-order valence-electron chi connectivity index (χ4n) is 2.31. The Morgan fingerprint density at radius 1 is 1.08 bits per heavy atom. The average molecular weight is 367 g/mol. The Balaban J connectivity index is 1.45. The lowest BCUT2D eigenvalue weighted by Crippen LogP contribution is -2.24. The van der Waals surface area contributed by atoms with Crippen LogP contribution in [0.25, 0.3) is 0 Å². The molecule has 0 unspecified atom stereocenters. The zero-order valence-corrected chi connectivity index (χ0v) is 14.3. The van der Waals surface area contributed by atoms with Gasteiger partial charge in [-0.25, -0.2) is 0 Å². The molecular weight excluding hydrogens is 351 g/mol. The molecule has 0 saturated carbocycles. The van der Waals surface area contributed by atoms with Gasteiger partial charge in [0.15, 0.2) is 11.5 Å². The lowest BCUT2D eigenvalue weighted by Gasteiger charge is -2.10. The molecule has 0 radical (unpaired) electrons. The molecule has 1 heterocycles. The largest absolute Gasteiger partial charge is 0.454 e. The number of ether oxygens (including phenoxy) is 2. The van der Waals surface area contributed by atoms with Gasteiger partial charge in [0.25, 0.3) is 0 Å². The van der Waals surface area contributed by atoms with Gasteiger partial charge in [0, 0.05) is 19.5 Å². The van der Waals surface area contributed by atoms with Crippen molar-refractivity contribution < 1.29 is 14.3 Å². The minimum absolute atomic E-state index is 0.0663. The summed E-state index contributed by atoms with van der Waals surface area (Å²) in [5.41, 5.74) is 1.60. The molecule has 0 aliphatic carbocycles. The van der Waals surface area contributed by atoms with E-state index in [1.54, 1.807) is 18.2 Å². The van der Waals surface area contributed by atoms with E-state index in [1.165, 1.54) is 0 Å². The summed E-state index contributed by atoms with van der Waals surface area (Å²) in [7, 11) is 0. The minimum atomic E-state index is -0.0663. The van der Waals surface area contributed by atoms with Crippen LogP contribution in [-0.2, 0) is 11.3 Å². The number of hydrogen-bond donors (Lipinski definition) is 2. The van der Waals surface area contributed by atoms with Gasteiger partial charge in [-0.3, -0.25) is 4.79 Å². The molecule has 2 N–H and O–H groups in total. The first-order chi connectivity index (χ1) is 11.6. The molecule has 1 amide bonds. The minimum Gasteiger partial charge on any atom is -0.454 e. The first-order valence-electron chi connectivity index (χ1n) is 7.46. The maximum Gasteiger partial charge on any atom is 0.231 e. The van der Waals surface area contributed by atoms with Gasteiger partial charge in [0.1, 0.15) is 0 Å². The summed E-state index contributed by atoms with van der Waals surface area (Å²) in [5, 5.41) is 7.01. The molecule has 0 aromatic heterocycles. The molecule has 24 heavy (non-hydrogen) atoms. The molecule has 5 nitrogen and oxygen atoms in total. The Labute approximate surface area is 149 Å². The summed E-state index contributed by atoms with van der Waals surface area (Å²) in [4.78, 5) is 11.9. The maximum absolute atomic E-state index is 11.9. The van der Waals surface area contributed by atoms with Crippen LogP contribution in [0.4, 0.5) is 5.69 Å². The monoisotopic (exact) mass is 366 g/mol. The second-order valence-electron chi connectivity index (χ2n) is 5.24. The lowest BCUT2D eigenvalue weighted by molar-refractivity contribution is -0.121. The van der Waals surface area contributed by atoms with Crippen LogP contribution in [0.15, 0.2) is 36.4 Å². The van der Waals surface area contributed by atoms with Crippen molar-refractivity contribution in [2.24, 2.45) is 0 Å². The summed E-state index contributed by atoms with van der Waals surface area (Å²) in [6.45, 7) is 1.11. The summed E-state index contributed by atoms with van der Waals surface area (Å²) in [5.74, 6) is 1.37. The molecule has 126 valence electrons. The van der Waals surface area contributed by atoms with Gasteiger partial charge in [0.05, 0.1) is 15.7 Å². The van der Waals surface area contributed by atoms with E-state index in [4.69, 9.17) is 32.7 Å². The fraction of sp³-hybridized carbons (Fsp3) is 0.235. The molecule has 7 heteroatoms. The van der Waals surface area contributed by atoms with Crippen LogP contribution in [0.5, 0.6) is 11.5 Å². The van der Waals surface area contributed by atoms with Crippen LogP contribution in [0.3, 0.4) is 0 Å². The highest BCUT2D eigenvalue weighted by molar-refractivity contribution is 6.39. The van der Waals surface area contributed by atoms with Crippen LogP contribution in [-0.4, -0.2) is 19.2 Å².